The summed E-state index contributed by atoms with van der Waals surface area (Å²) in [6.07, 6.45) is 0.321. The Bertz CT molecular complexity index is 1200. The molecular formula is C27H32FN5O5. The number of amides is 3. The molecule has 0 aliphatic carbocycles. The van der Waals surface area contributed by atoms with Crippen LogP contribution < -0.4 is 14.8 Å². The zero-order chi connectivity index (χ0) is 26.5. The van der Waals surface area contributed by atoms with Crippen molar-refractivity contribution in [2.75, 3.05) is 59.3 Å². The highest BCUT2D eigenvalue weighted by atomic mass is 19.1. The van der Waals surface area contributed by atoms with Crippen molar-refractivity contribution in [2.24, 2.45) is 5.10 Å². The minimum Gasteiger partial charge on any atom is -0.454 e. The molecule has 2 aromatic rings. The van der Waals surface area contributed by atoms with Crippen LogP contribution in [0.5, 0.6) is 11.5 Å². The van der Waals surface area contributed by atoms with Crippen LogP contribution in [0, 0.1) is 5.82 Å². The molecule has 0 unspecified atom stereocenters. The number of ether oxygens (including phenoxy) is 3. The van der Waals surface area contributed by atoms with Crippen molar-refractivity contribution in [3.8, 4) is 11.5 Å². The van der Waals surface area contributed by atoms with E-state index in [-0.39, 0.29) is 25.3 Å². The molecule has 1 N–H and O–H groups in total. The SMILES string of the molecule is CCNC(=O)N(CCN1CCOCC1)CC(=O)N1N=C(c2ccccc2F)C[C@@H]1c1ccc2c(c1)OCO2. The second-order valence-corrected chi connectivity index (χ2v) is 9.31. The minimum absolute atomic E-state index is 0.133. The summed E-state index contributed by atoms with van der Waals surface area (Å²) in [7, 11) is 0. The molecule has 1 atom stereocenters. The fourth-order valence-corrected chi connectivity index (χ4v) is 4.82. The third kappa shape index (κ3) is 5.73. The summed E-state index contributed by atoms with van der Waals surface area (Å²) in [5.41, 5.74) is 1.61. The Morgan fingerprint density at radius 3 is 2.71 bits per heavy atom. The van der Waals surface area contributed by atoms with Crippen LogP contribution >= 0.6 is 0 Å². The molecule has 1 saturated heterocycles. The van der Waals surface area contributed by atoms with E-state index < -0.39 is 11.9 Å². The highest BCUT2D eigenvalue weighted by molar-refractivity contribution is 6.03. The van der Waals surface area contributed by atoms with Crippen molar-refractivity contribution < 1.29 is 28.2 Å². The summed E-state index contributed by atoms with van der Waals surface area (Å²) in [4.78, 5) is 30.3. The van der Waals surface area contributed by atoms with E-state index in [0.717, 1.165) is 18.7 Å². The lowest BCUT2D eigenvalue weighted by Gasteiger charge is -2.31. The number of urea groups is 1. The molecular weight excluding hydrogens is 493 g/mol. The predicted octanol–water partition coefficient (Wildman–Crippen LogP) is 2.60. The number of hydrogen-bond donors (Lipinski definition) is 1. The Hall–Kier alpha value is -3.70. The van der Waals surface area contributed by atoms with E-state index in [1.807, 2.05) is 19.1 Å². The Morgan fingerprint density at radius 1 is 1.13 bits per heavy atom. The summed E-state index contributed by atoms with van der Waals surface area (Å²) in [5.74, 6) is 0.459. The van der Waals surface area contributed by atoms with E-state index in [1.54, 1.807) is 24.3 Å². The fraction of sp³-hybridized carbons (Fsp3) is 0.444. The molecule has 0 radical (unpaired) electrons. The van der Waals surface area contributed by atoms with Gasteiger partial charge in [0.25, 0.3) is 5.91 Å². The van der Waals surface area contributed by atoms with Gasteiger partial charge in [-0.15, -0.1) is 0 Å². The molecule has 0 aromatic heterocycles. The molecule has 3 heterocycles. The molecule has 5 rings (SSSR count). The number of rotatable bonds is 8. The zero-order valence-corrected chi connectivity index (χ0v) is 21.4. The van der Waals surface area contributed by atoms with E-state index in [9.17, 15) is 14.0 Å². The van der Waals surface area contributed by atoms with Crippen LogP contribution in [0.1, 0.15) is 30.5 Å². The molecule has 3 amide bonds. The van der Waals surface area contributed by atoms with Gasteiger partial charge in [0.1, 0.15) is 12.4 Å². The standard InChI is InChI=1S/C27H32FN5O5/c1-2-29-27(35)32(10-9-31-11-13-36-14-12-31)17-26(34)33-23(19-7-8-24-25(15-19)38-18-37-24)16-22(30-33)20-5-3-4-6-21(20)28/h3-8,15,23H,2,9-14,16-18H2,1H3,(H,29,35)/t23-/m1/s1. The van der Waals surface area contributed by atoms with Crippen LogP contribution in [0.2, 0.25) is 0 Å². The number of morpholine rings is 1. The van der Waals surface area contributed by atoms with Crippen LogP contribution in [0.4, 0.5) is 9.18 Å². The maximum atomic E-state index is 14.7. The van der Waals surface area contributed by atoms with Crippen LogP contribution in [0.15, 0.2) is 47.6 Å². The number of hydrazone groups is 1. The highest BCUT2D eigenvalue weighted by Crippen LogP contribution is 2.39. The molecule has 38 heavy (non-hydrogen) atoms. The predicted molar refractivity (Wildman–Crippen MR) is 138 cm³/mol. The van der Waals surface area contributed by atoms with Crippen LogP contribution in [-0.2, 0) is 9.53 Å². The Morgan fingerprint density at radius 2 is 1.92 bits per heavy atom. The van der Waals surface area contributed by atoms with E-state index in [0.29, 0.717) is 62.0 Å². The average Bonchev–Trinajstić information content (AvgIpc) is 3.59. The van der Waals surface area contributed by atoms with Gasteiger partial charge in [-0.1, -0.05) is 24.3 Å². The first kappa shape index (κ1) is 25.9. The van der Waals surface area contributed by atoms with Crippen molar-refractivity contribution >= 4 is 17.6 Å². The number of carbonyl (C=O) groups is 2. The molecule has 3 aliphatic rings. The van der Waals surface area contributed by atoms with E-state index in [4.69, 9.17) is 14.2 Å². The molecule has 0 saturated carbocycles. The molecule has 0 bridgehead atoms. The van der Waals surface area contributed by atoms with Crippen molar-refractivity contribution in [3.05, 3.63) is 59.4 Å². The van der Waals surface area contributed by atoms with Gasteiger partial charge in [0, 0.05) is 44.7 Å². The molecule has 202 valence electrons. The Balaban J connectivity index is 1.39. The lowest BCUT2D eigenvalue weighted by atomic mass is 9.97. The van der Waals surface area contributed by atoms with Gasteiger partial charge in [0.05, 0.1) is 25.0 Å². The third-order valence-corrected chi connectivity index (χ3v) is 6.86. The first-order chi connectivity index (χ1) is 18.5. The molecule has 11 heteroatoms. The number of nitrogens with zero attached hydrogens (tertiary/aromatic N) is 4. The van der Waals surface area contributed by atoms with Gasteiger partial charge >= 0.3 is 6.03 Å². The minimum atomic E-state index is -0.484. The number of fused-ring (bicyclic) bond motifs is 1. The van der Waals surface area contributed by atoms with Crippen LogP contribution in [0.3, 0.4) is 0 Å². The van der Waals surface area contributed by atoms with Crippen LogP contribution in [0.25, 0.3) is 0 Å². The largest absolute Gasteiger partial charge is 0.454 e. The summed E-state index contributed by atoms with van der Waals surface area (Å²) in [6.45, 7) is 6.13. The summed E-state index contributed by atoms with van der Waals surface area (Å²) in [5, 5.41) is 8.76. The second-order valence-electron chi connectivity index (χ2n) is 9.31. The number of nitrogens with one attached hydrogen (secondary N) is 1. The monoisotopic (exact) mass is 525 g/mol. The smallest absolute Gasteiger partial charge is 0.317 e. The molecule has 2 aromatic carbocycles. The quantitative estimate of drug-likeness (QED) is 0.569. The Labute approximate surface area is 220 Å². The average molecular weight is 526 g/mol. The van der Waals surface area contributed by atoms with Crippen LogP contribution in [-0.4, -0.2) is 91.7 Å². The number of halogens is 1. The topological polar surface area (TPSA) is 95.9 Å². The van der Waals surface area contributed by atoms with Crippen molar-refractivity contribution in [3.63, 3.8) is 0 Å². The fourth-order valence-electron chi connectivity index (χ4n) is 4.82. The van der Waals surface area contributed by atoms with E-state index in [1.165, 1.54) is 16.0 Å². The van der Waals surface area contributed by atoms with Gasteiger partial charge in [0.15, 0.2) is 11.5 Å². The zero-order valence-electron chi connectivity index (χ0n) is 21.4. The number of benzene rings is 2. The normalized spacial score (nSPS) is 18.8. The summed E-state index contributed by atoms with van der Waals surface area (Å²) < 4.78 is 31.0. The summed E-state index contributed by atoms with van der Waals surface area (Å²) in [6, 6.07) is 11.1. The molecule has 10 nitrogen and oxygen atoms in total. The second kappa shape index (κ2) is 11.8. The molecule has 3 aliphatic heterocycles. The van der Waals surface area contributed by atoms with Crippen molar-refractivity contribution in [1.82, 2.24) is 20.1 Å². The third-order valence-electron chi connectivity index (χ3n) is 6.86. The van der Waals surface area contributed by atoms with Gasteiger partial charge in [-0.05, 0) is 30.7 Å². The number of hydrogen-bond acceptors (Lipinski definition) is 7. The summed E-state index contributed by atoms with van der Waals surface area (Å²) >= 11 is 0. The van der Waals surface area contributed by atoms with Gasteiger partial charge in [-0.3, -0.25) is 9.69 Å². The molecule has 1 fully saturated rings. The first-order valence-electron chi connectivity index (χ1n) is 12.9. The van der Waals surface area contributed by atoms with Gasteiger partial charge in [-0.2, -0.15) is 5.10 Å². The molecule has 0 spiro atoms. The lowest BCUT2D eigenvalue weighted by molar-refractivity contribution is -0.133. The van der Waals surface area contributed by atoms with Crippen molar-refractivity contribution in [1.29, 1.82) is 0 Å². The van der Waals surface area contributed by atoms with Gasteiger partial charge < -0.3 is 24.4 Å². The highest BCUT2D eigenvalue weighted by Gasteiger charge is 2.36. The number of carbonyl (C=O) groups excluding carboxylic acids is 2. The maximum Gasteiger partial charge on any atom is 0.317 e. The maximum absolute atomic E-state index is 14.7. The van der Waals surface area contributed by atoms with Gasteiger partial charge in [0.2, 0.25) is 6.79 Å². The van der Waals surface area contributed by atoms with E-state index >= 15 is 0 Å². The Kier molecular flexibility index (Phi) is 8.04. The lowest BCUT2D eigenvalue weighted by Crippen LogP contribution is -2.49. The van der Waals surface area contributed by atoms with Crippen molar-refractivity contribution in [2.45, 2.75) is 19.4 Å². The first-order valence-corrected chi connectivity index (χ1v) is 12.9. The van der Waals surface area contributed by atoms with Gasteiger partial charge in [-0.25, -0.2) is 14.2 Å². The van der Waals surface area contributed by atoms with E-state index in [2.05, 4.69) is 15.3 Å².